The smallest absolute Gasteiger partial charge is 0.267 e. The summed E-state index contributed by atoms with van der Waals surface area (Å²) in [5, 5.41) is 2.85. The molecule has 0 bridgehead atoms. The lowest BCUT2D eigenvalue weighted by Crippen LogP contribution is -2.45. The summed E-state index contributed by atoms with van der Waals surface area (Å²) < 4.78 is 17.2. The Bertz CT molecular complexity index is 1200. The van der Waals surface area contributed by atoms with Crippen LogP contribution in [0.1, 0.15) is 24.5 Å². The van der Waals surface area contributed by atoms with Crippen LogP contribution in [0.15, 0.2) is 66.7 Å². The van der Waals surface area contributed by atoms with E-state index in [4.69, 9.17) is 14.2 Å². The minimum Gasteiger partial charge on any atom is -0.494 e. The molecule has 3 aromatic carbocycles. The Morgan fingerprint density at radius 1 is 1.03 bits per heavy atom. The van der Waals surface area contributed by atoms with Gasteiger partial charge in [0.2, 0.25) is 0 Å². The van der Waals surface area contributed by atoms with Crippen molar-refractivity contribution >= 4 is 23.2 Å². The molecular formula is C28H30N2O5. The molecule has 0 fully saturated rings. The Kier molecular flexibility index (Phi) is 7.55. The number of carbonyl (C=O) groups excluding carboxylic acids is 2. The summed E-state index contributed by atoms with van der Waals surface area (Å²) in [5.74, 6) is 1.67. The van der Waals surface area contributed by atoms with Crippen molar-refractivity contribution in [2.24, 2.45) is 0 Å². The van der Waals surface area contributed by atoms with Crippen LogP contribution < -0.4 is 24.4 Å². The minimum atomic E-state index is -0.580. The van der Waals surface area contributed by atoms with Crippen molar-refractivity contribution in [3.05, 3.63) is 77.9 Å². The van der Waals surface area contributed by atoms with Gasteiger partial charge < -0.3 is 24.4 Å². The van der Waals surface area contributed by atoms with Crippen molar-refractivity contribution in [3.8, 4) is 17.2 Å². The summed E-state index contributed by atoms with van der Waals surface area (Å²) in [6.07, 6.45) is 0.0662. The molecule has 1 aliphatic rings. The van der Waals surface area contributed by atoms with Crippen LogP contribution in [0.5, 0.6) is 17.2 Å². The third kappa shape index (κ3) is 6.12. The highest BCUT2D eigenvalue weighted by Gasteiger charge is 2.31. The number of amides is 2. The predicted octanol–water partition coefficient (Wildman–Crippen LogP) is 4.90. The van der Waals surface area contributed by atoms with E-state index in [9.17, 15) is 9.59 Å². The first-order chi connectivity index (χ1) is 16.9. The fourth-order valence-electron chi connectivity index (χ4n) is 3.85. The van der Waals surface area contributed by atoms with Gasteiger partial charge in [-0.1, -0.05) is 30.3 Å². The third-order valence-corrected chi connectivity index (χ3v) is 5.69. The molecule has 182 valence electrons. The highest BCUT2D eigenvalue weighted by atomic mass is 16.5. The van der Waals surface area contributed by atoms with Gasteiger partial charge >= 0.3 is 0 Å². The number of hydrogen-bond donors (Lipinski definition) is 1. The second kappa shape index (κ2) is 11.0. The quantitative estimate of drug-likeness (QED) is 0.446. The molecule has 1 aliphatic heterocycles. The molecule has 0 saturated heterocycles. The monoisotopic (exact) mass is 474 g/mol. The molecule has 0 saturated carbocycles. The first-order valence-corrected chi connectivity index (χ1v) is 11.7. The molecule has 1 atom stereocenters. The molecular weight excluding hydrogens is 444 g/mol. The molecule has 0 radical (unpaired) electrons. The number of aryl methyl sites for hydroxylation is 2. The Hall–Kier alpha value is -4.00. The van der Waals surface area contributed by atoms with Gasteiger partial charge in [-0.3, -0.25) is 9.59 Å². The third-order valence-electron chi connectivity index (χ3n) is 5.69. The topological polar surface area (TPSA) is 77.1 Å². The average Bonchev–Trinajstić information content (AvgIpc) is 2.85. The van der Waals surface area contributed by atoms with Crippen molar-refractivity contribution in [2.75, 3.05) is 30.0 Å². The highest BCUT2D eigenvalue weighted by Crippen LogP contribution is 2.36. The lowest BCUT2D eigenvalue weighted by atomic mass is 10.1. The highest BCUT2D eigenvalue weighted by molar-refractivity contribution is 6.01. The molecule has 3 aromatic rings. The number of carbonyl (C=O) groups is 2. The summed E-state index contributed by atoms with van der Waals surface area (Å²) in [5.41, 5.74) is 3.22. The van der Waals surface area contributed by atoms with E-state index in [0.29, 0.717) is 42.4 Å². The molecule has 7 heteroatoms. The SMILES string of the molecule is Cc1ccc(C)c(OCC(=O)Nc2ccc3c(c2)N(CCCOc2ccccc2)C(=O)C(C)O3)c1. The van der Waals surface area contributed by atoms with Gasteiger partial charge in [-0.2, -0.15) is 0 Å². The normalized spacial score (nSPS) is 14.7. The second-order valence-corrected chi connectivity index (χ2v) is 8.55. The Morgan fingerprint density at radius 2 is 1.83 bits per heavy atom. The van der Waals surface area contributed by atoms with Gasteiger partial charge in [0.05, 0.1) is 12.3 Å². The van der Waals surface area contributed by atoms with Crippen LogP contribution >= 0.6 is 0 Å². The molecule has 4 rings (SSSR count). The van der Waals surface area contributed by atoms with E-state index in [-0.39, 0.29) is 18.4 Å². The number of benzene rings is 3. The van der Waals surface area contributed by atoms with E-state index in [2.05, 4.69) is 5.32 Å². The fourth-order valence-corrected chi connectivity index (χ4v) is 3.85. The van der Waals surface area contributed by atoms with Crippen LogP contribution in [0.25, 0.3) is 0 Å². The number of ether oxygens (including phenoxy) is 3. The van der Waals surface area contributed by atoms with Crippen molar-refractivity contribution < 1.29 is 23.8 Å². The number of para-hydroxylation sites is 1. The van der Waals surface area contributed by atoms with Crippen molar-refractivity contribution in [2.45, 2.75) is 33.3 Å². The lowest BCUT2D eigenvalue weighted by Gasteiger charge is -2.33. The minimum absolute atomic E-state index is 0.117. The lowest BCUT2D eigenvalue weighted by molar-refractivity contribution is -0.125. The Morgan fingerprint density at radius 3 is 2.63 bits per heavy atom. The number of nitrogens with zero attached hydrogens (tertiary/aromatic N) is 1. The van der Waals surface area contributed by atoms with Crippen LogP contribution in [-0.4, -0.2) is 37.7 Å². The summed E-state index contributed by atoms with van der Waals surface area (Å²) >= 11 is 0. The van der Waals surface area contributed by atoms with Crippen LogP contribution in [0.3, 0.4) is 0 Å². The molecule has 0 aliphatic carbocycles. The molecule has 2 amide bonds. The second-order valence-electron chi connectivity index (χ2n) is 8.55. The fraction of sp³-hybridized carbons (Fsp3) is 0.286. The van der Waals surface area contributed by atoms with E-state index in [0.717, 1.165) is 16.9 Å². The summed E-state index contributed by atoms with van der Waals surface area (Å²) in [6.45, 7) is 6.48. The zero-order valence-corrected chi connectivity index (χ0v) is 20.2. The van der Waals surface area contributed by atoms with Crippen molar-refractivity contribution in [1.29, 1.82) is 0 Å². The summed E-state index contributed by atoms with van der Waals surface area (Å²) in [7, 11) is 0. The number of rotatable bonds is 9. The first-order valence-electron chi connectivity index (χ1n) is 11.7. The maximum Gasteiger partial charge on any atom is 0.267 e. The molecule has 1 N–H and O–H groups in total. The molecule has 1 heterocycles. The summed E-state index contributed by atoms with van der Waals surface area (Å²) in [4.78, 5) is 27.1. The maximum absolute atomic E-state index is 12.9. The average molecular weight is 475 g/mol. The largest absolute Gasteiger partial charge is 0.494 e. The van der Waals surface area contributed by atoms with Crippen LogP contribution in [0, 0.1) is 13.8 Å². The zero-order chi connectivity index (χ0) is 24.8. The van der Waals surface area contributed by atoms with Gasteiger partial charge in [0.1, 0.15) is 17.2 Å². The van der Waals surface area contributed by atoms with Crippen LogP contribution in [-0.2, 0) is 9.59 Å². The van der Waals surface area contributed by atoms with Crippen molar-refractivity contribution in [1.82, 2.24) is 0 Å². The first kappa shape index (κ1) is 24.1. The zero-order valence-electron chi connectivity index (χ0n) is 20.2. The van der Waals surface area contributed by atoms with Crippen molar-refractivity contribution in [3.63, 3.8) is 0 Å². The standard InChI is InChI=1S/C28H30N2O5/c1-19-10-11-20(2)26(16-19)34-18-27(31)29-22-12-13-25-24(17-22)30(28(32)21(3)35-25)14-7-15-33-23-8-5-4-6-9-23/h4-6,8-13,16-17,21H,7,14-15,18H2,1-3H3,(H,29,31). The van der Waals surface area contributed by atoms with E-state index >= 15 is 0 Å². The predicted molar refractivity (Wildman–Crippen MR) is 135 cm³/mol. The van der Waals surface area contributed by atoms with Gasteiger partial charge in [-0.15, -0.1) is 0 Å². The Balaban J connectivity index is 1.39. The summed E-state index contributed by atoms with van der Waals surface area (Å²) in [6, 6.07) is 20.7. The maximum atomic E-state index is 12.9. The van der Waals surface area contributed by atoms with Gasteiger partial charge in [0.25, 0.3) is 11.8 Å². The molecule has 7 nitrogen and oxygen atoms in total. The van der Waals surface area contributed by atoms with E-state index in [1.165, 1.54) is 0 Å². The Labute approximate surface area is 205 Å². The van der Waals surface area contributed by atoms with E-state index in [1.807, 2.05) is 62.4 Å². The molecule has 0 aromatic heterocycles. The van der Waals surface area contributed by atoms with Crippen LogP contribution in [0.4, 0.5) is 11.4 Å². The molecule has 0 spiro atoms. The number of anilines is 2. The molecule has 35 heavy (non-hydrogen) atoms. The number of fused-ring (bicyclic) bond motifs is 1. The molecule has 1 unspecified atom stereocenters. The van der Waals surface area contributed by atoms with Gasteiger partial charge in [-0.05, 0) is 74.7 Å². The van der Waals surface area contributed by atoms with Gasteiger partial charge in [0.15, 0.2) is 12.7 Å². The van der Waals surface area contributed by atoms with E-state index < -0.39 is 6.10 Å². The van der Waals surface area contributed by atoms with Crippen LogP contribution in [0.2, 0.25) is 0 Å². The number of nitrogens with one attached hydrogen (secondary N) is 1. The van der Waals surface area contributed by atoms with E-state index in [1.54, 1.807) is 30.0 Å². The van der Waals surface area contributed by atoms with Gasteiger partial charge in [0, 0.05) is 12.2 Å². The number of hydrogen-bond acceptors (Lipinski definition) is 5. The van der Waals surface area contributed by atoms with Gasteiger partial charge in [-0.25, -0.2) is 0 Å².